The average Bonchev–Trinajstić information content (AvgIpc) is 3.71. The molecule has 0 radical (unpaired) electrons. The number of fused-ring (bicyclic) bond motifs is 3. The lowest BCUT2D eigenvalue weighted by molar-refractivity contribution is 0.0297. The van der Waals surface area contributed by atoms with Crippen molar-refractivity contribution >= 4 is 21.9 Å². The zero-order valence-electron chi connectivity index (χ0n) is 25.6. The molecule has 2 aromatic carbocycles. The van der Waals surface area contributed by atoms with Crippen LogP contribution < -0.4 is 0 Å². The van der Waals surface area contributed by atoms with Crippen LogP contribution in [-0.4, -0.2) is 42.9 Å². The molecule has 7 nitrogen and oxygen atoms in total. The van der Waals surface area contributed by atoms with E-state index in [9.17, 15) is 5.11 Å². The van der Waals surface area contributed by atoms with Crippen LogP contribution in [0.2, 0.25) is 0 Å². The van der Waals surface area contributed by atoms with E-state index in [1.54, 1.807) is 26.2 Å². The van der Waals surface area contributed by atoms with Crippen molar-refractivity contribution in [2.75, 3.05) is 13.2 Å². The molecule has 2 aliphatic rings. The molecular formula is C32H34FN5O2. The Morgan fingerprint density at radius 3 is 2.62 bits per heavy atom. The molecule has 40 heavy (non-hydrogen) atoms. The molecule has 2 fully saturated rings. The molecule has 4 heterocycles. The lowest BCUT2D eigenvalue weighted by Gasteiger charge is -2.33. The van der Waals surface area contributed by atoms with E-state index in [1.165, 1.54) is 4.68 Å². The maximum atomic E-state index is 17.0. The van der Waals surface area contributed by atoms with Gasteiger partial charge in [0.25, 0.3) is 0 Å². The Kier molecular flexibility index (Phi) is 5.25. The maximum absolute atomic E-state index is 17.0. The zero-order valence-corrected chi connectivity index (χ0v) is 22.6. The van der Waals surface area contributed by atoms with E-state index < -0.39 is 18.3 Å². The summed E-state index contributed by atoms with van der Waals surface area (Å²) in [5.74, 6) is -0.299. The fourth-order valence-electron chi connectivity index (χ4n) is 6.63. The molecule has 3 aromatic heterocycles. The van der Waals surface area contributed by atoms with Crippen LogP contribution >= 0.6 is 0 Å². The Morgan fingerprint density at radius 2 is 1.90 bits per heavy atom. The quantitative estimate of drug-likeness (QED) is 0.282. The van der Waals surface area contributed by atoms with E-state index in [4.69, 9.17) is 13.8 Å². The first-order valence-electron chi connectivity index (χ1n) is 15.5. The molecule has 1 aliphatic carbocycles. The predicted molar refractivity (Wildman–Crippen MR) is 152 cm³/mol. The van der Waals surface area contributed by atoms with E-state index >= 15 is 4.39 Å². The molecule has 5 aromatic rings. The fourth-order valence-corrected chi connectivity index (χ4v) is 6.63. The fraction of sp³-hybridized carbons (Fsp3) is 0.406. The Bertz CT molecular complexity index is 1820. The second-order valence-electron chi connectivity index (χ2n) is 11.4. The highest BCUT2D eigenvalue weighted by atomic mass is 19.1. The van der Waals surface area contributed by atoms with Crippen LogP contribution in [0.3, 0.4) is 0 Å². The molecule has 0 spiro atoms. The minimum Gasteiger partial charge on any atom is -0.385 e. The summed E-state index contributed by atoms with van der Waals surface area (Å²) in [6.07, 6.45) is 4.92. The lowest BCUT2D eigenvalue weighted by atomic mass is 9.86. The van der Waals surface area contributed by atoms with Gasteiger partial charge in [-0.1, -0.05) is 47.7 Å². The molecular weight excluding hydrogens is 505 g/mol. The first-order valence-corrected chi connectivity index (χ1v) is 14.0. The topological polar surface area (TPSA) is 78.0 Å². The monoisotopic (exact) mass is 542 g/mol. The van der Waals surface area contributed by atoms with Gasteiger partial charge in [-0.15, -0.1) is 5.10 Å². The SMILES string of the molecule is [2H]C([2H])([2H])c1nnn(C)c1-c1cnc2c3ccc([C@](C)(O)C4CC4)c(F)c3n([C@H](c3ccccc3)C3CCOCC3)c2c1. The number of hydrogen-bond donors (Lipinski definition) is 1. The largest absolute Gasteiger partial charge is 0.385 e. The Balaban J connectivity index is 1.56. The van der Waals surface area contributed by atoms with Crippen LogP contribution in [0.4, 0.5) is 4.39 Å². The molecule has 0 unspecified atom stereocenters. The van der Waals surface area contributed by atoms with Crippen molar-refractivity contribution in [2.45, 2.75) is 51.1 Å². The molecule has 2 atom stereocenters. The van der Waals surface area contributed by atoms with Crippen LogP contribution in [0.15, 0.2) is 54.7 Å². The number of pyridine rings is 1. The Hall–Kier alpha value is -3.62. The number of aryl methyl sites for hydroxylation is 2. The first-order chi connectivity index (χ1) is 20.6. The molecule has 7 rings (SSSR count). The van der Waals surface area contributed by atoms with Crippen molar-refractivity contribution in [1.82, 2.24) is 24.5 Å². The first kappa shape index (κ1) is 22.1. The molecule has 0 bridgehead atoms. The molecule has 1 aliphatic heterocycles. The minimum absolute atomic E-state index is 0.0121. The molecule has 8 heteroatoms. The third-order valence-electron chi connectivity index (χ3n) is 8.89. The number of nitrogens with zero attached hydrogens (tertiary/aromatic N) is 5. The van der Waals surface area contributed by atoms with Crippen molar-refractivity contribution in [3.8, 4) is 11.3 Å². The Morgan fingerprint density at radius 1 is 1.12 bits per heavy atom. The second-order valence-corrected chi connectivity index (χ2v) is 11.4. The Labute approximate surface area is 236 Å². The number of ether oxygens (including phenoxy) is 1. The van der Waals surface area contributed by atoms with Crippen molar-refractivity contribution in [3.05, 3.63) is 77.4 Å². The number of hydrogen-bond acceptors (Lipinski definition) is 5. The van der Waals surface area contributed by atoms with Crippen LogP contribution in [0.5, 0.6) is 0 Å². The summed E-state index contributed by atoms with van der Waals surface area (Å²) in [6, 6.07) is 15.2. The summed E-state index contributed by atoms with van der Waals surface area (Å²) in [6.45, 7) is 0.454. The summed E-state index contributed by atoms with van der Waals surface area (Å²) in [5, 5.41) is 20.1. The van der Waals surface area contributed by atoms with Gasteiger partial charge in [0.15, 0.2) is 5.82 Å². The standard InChI is InChI=1S/C32H34FN5O2/c1-19-29(37(3)36-35-19)22-17-26-28(34-18-22)24-11-12-25(32(2,39)23-9-10-23)27(33)31(24)38(26)30(20-7-5-4-6-8-20)21-13-15-40-16-14-21/h4-8,11-12,17-18,21,23,30,39H,9-10,13-16H2,1-3H3/t30-,32-/m1/s1/i1D3. The summed E-state index contributed by atoms with van der Waals surface area (Å²) in [5.41, 5.74) is 2.43. The normalized spacial score (nSPS) is 20.2. The van der Waals surface area contributed by atoms with Crippen molar-refractivity contribution < 1.29 is 18.3 Å². The van der Waals surface area contributed by atoms with Gasteiger partial charge >= 0.3 is 0 Å². The van der Waals surface area contributed by atoms with Crippen molar-refractivity contribution in [2.24, 2.45) is 18.9 Å². The third kappa shape index (κ3) is 3.96. The minimum atomic E-state index is -2.48. The summed E-state index contributed by atoms with van der Waals surface area (Å²) in [7, 11) is 1.65. The van der Waals surface area contributed by atoms with Gasteiger partial charge in [-0.05, 0) is 62.9 Å². The van der Waals surface area contributed by atoms with Gasteiger partial charge in [0.2, 0.25) is 0 Å². The highest BCUT2D eigenvalue weighted by Gasteiger charge is 2.44. The van der Waals surface area contributed by atoms with E-state index in [0.717, 1.165) is 31.2 Å². The van der Waals surface area contributed by atoms with Crippen LogP contribution in [0.25, 0.3) is 33.2 Å². The van der Waals surface area contributed by atoms with Gasteiger partial charge in [-0.25, -0.2) is 9.07 Å². The molecule has 206 valence electrons. The number of rotatable bonds is 6. The predicted octanol–water partition coefficient (Wildman–Crippen LogP) is 6.07. The molecule has 1 N–H and O–H groups in total. The zero-order chi connectivity index (χ0) is 30.1. The highest BCUT2D eigenvalue weighted by molar-refractivity contribution is 6.07. The summed E-state index contributed by atoms with van der Waals surface area (Å²) in [4.78, 5) is 4.82. The van der Waals surface area contributed by atoms with Gasteiger partial charge in [-0.2, -0.15) is 0 Å². The molecule has 0 amide bonds. The van der Waals surface area contributed by atoms with Crippen LogP contribution in [0, 0.1) is 24.5 Å². The van der Waals surface area contributed by atoms with Gasteiger partial charge in [0, 0.05) is 47.1 Å². The summed E-state index contributed by atoms with van der Waals surface area (Å²) < 4.78 is 50.3. The van der Waals surface area contributed by atoms with Gasteiger partial charge in [-0.3, -0.25) is 4.98 Å². The van der Waals surface area contributed by atoms with E-state index in [1.807, 2.05) is 34.9 Å². The van der Waals surface area contributed by atoms with Crippen LogP contribution in [0.1, 0.15) is 59.6 Å². The summed E-state index contributed by atoms with van der Waals surface area (Å²) >= 11 is 0. The second kappa shape index (κ2) is 9.49. The highest BCUT2D eigenvalue weighted by Crippen LogP contribution is 2.48. The number of halogens is 1. The maximum Gasteiger partial charge on any atom is 0.153 e. The van der Waals surface area contributed by atoms with E-state index in [2.05, 4.69) is 22.4 Å². The van der Waals surface area contributed by atoms with Crippen LogP contribution in [-0.2, 0) is 17.4 Å². The van der Waals surface area contributed by atoms with Crippen molar-refractivity contribution in [1.29, 1.82) is 0 Å². The number of aromatic nitrogens is 5. The van der Waals surface area contributed by atoms with Gasteiger partial charge in [0.05, 0.1) is 39.6 Å². The number of aliphatic hydroxyl groups is 1. The third-order valence-corrected chi connectivity index (χ3v) is 8.89. The average molecular weight is 543 g/mol. The van der Waals surface area contributed by atoms with E-state index in [-0.39, 0.29) is 29.1 Å². The number of benzene rings is 2. The molecule has 1 saturated carbocycles. The van der Waals surface area contributed by atoms with Gasteiger partial charge < -0.3 is 14.4 Å². The smallest absolute Gasteiger partial charge is 0.153 e. The van der Waals surface area contributed by atoms with Crippen molar-refractivity contribution in [3.63, 3.8) is 0 Å². The lowest BCUT2D eigenvalue weighted by Crippen LogP contribution is -2.28. The molecule has 1 saturated heterocycles. The van der Waals surface area contributed by atoms with Gasteiger partial charge in [0.1, 0.15) is 0 Å². The van der Waals surface area contributed by atoms with E-state index in [0.29, 0.717) is 46.4 Å².